The van der Waals surface area contributed by atoms with Gasteiger partial charge in [0.25, 0.3) is 0 Å². The first-order valence-electron chi connectivity index (χ1n) is 5.35. The molecule has 0 aliphatic rings. The van der Waals surface area contributed by atoms with Gasteiger partial charge >= 0.3 is 5.97 Å². The number of hydrogen-bond acceptors (Lipinski definition) is 5. The van der Waals surface area contributed by atoms with E-state index in [1.165, 1.54) is 33.1 Å². The molecule has 0 heterocycles. The van der Waals surface area contributed by atoms with Crippen molar-refractivity contribution in [3.05, 3.63) is 22.7 Å². The molecule has 0 aromatic heterocycles. The molecule has 0 N–H and O–H groups in total. The summed E-state index contributed by atoms with van der Waals surface area (Å²) in [6.45, 7) is 2.60. The number of carbonyl (C=O) groups excluding carboxylic acids is 1. The van der Waals surface area contributed by atoms with Gasteiger partial charge < -0.3 is 9.47 Å². The fourth-order valence-corrected chi connectivity index (χ4v) is 3.55. The SMILES string of the molecule is COC(=O)C(C)(C)S(=O)(=O)c1cc(Br)ccc1OC. The smallest absolute Gasteiger partial charge is 0.327 e. The lowest BCUT2D eigenvalue weighted by Crippen LogP contribution is -2.41. The Morgan fingerprint density at radius 3 is 2.32 bits per heavy atom. The number of hydrogen-bond donors (Lipinski definition) is 0. The van der Waals surface area contributed by atoms with Gasteiger partial charge in [-0.25, -0.2) is 8.42 Å². The summed E-state index contributed by atoms with van der Waals surface area (Å²) in [6.07, 6.45) is 0. The van der Waals surface area contributed by atoms with Crippen molar-refractivity contribution in [1.82, 2.24) is 0 Å². The van der Waals surface area contributed by atoms with Gasteiger partial charge in [0.2, 0.25) is 0 Å². The minimum atomic E-state index is -3.94. The highest BCUT2D eigenvalue weighted by Gasteiger charge is 2.45. The van der Waals surface area contributed by atoms with E-state index in [1.807, 2.05) is 0 Å². The number of esters is 1. The van der Waals surface area contributed by atoms with E-state index in [1.54, 1.807) is 6.07 Å². The van der Waals surface area contributed by atoms with Crippen molar-refractivity contribution in [3.63, 3.8) is 0 Å². The van der Waals surface area contributed by atoms with Crippen molar-refractivity contribution < 1.29 is 22.7 Å². The van der Waals surface area contributed by atoms with E-state index in [-0.39, 0.29) is 10.6 Å². The molecule has 0 fully saturated rings. The van der Waals surface area contributed by atoms with Crippen LogP contribution in [0, 0.1) is 0 Å². The Morgan fingerprint density at radius 1 is 1.26 bits per heavy atom. The Labute approximate surface area is 121 Å². The Balaban J connectivity index is 3.51. The molecule has 0 aliphatic heterocycles. The van der Waals surface area contributed by atoms with Crippen LogP contribution in [0.25, 0.3) is 0 Å². The molecule has 0 saturated carbocycles. The average Bonchev–Trinajstić information content (AvgIpc) is 2.37. The van der Waals surface area contributed by atoms with Gasteiger partial charge in [-0.3, -0.25) is 4.79 Å². The quantitative estimate of drug-likeness (QED) is 0.778. The predicted octanol–water partition coefficient (Wildman–Crippen LogP) is 2.18. The van der Waals surface area contributed by atoms with Gasteiger partial charge in [-0.15, -0.1) is 0 Å². The molecular weight excluding hydrogens is 336 g/mol. The minimum absolute atomic E-state index is 0.0558. The maximum atomic E-state index is 12.6. The Hall–Kier alpha value is -1.08. The second kappa shape index (κ2) is 5.50. The van der Waals surface area contributed by atoms with Crippen molar-refractivity contribution in [2.45, 2.75) is 23.5 Å². The van der Waals surface area contributed by atoms with Gasteiger partial charge in [0.15, 0.2) is 14.6 Å². The number of halogens is 1. The van der Waals surface area contributed by atoms with E-state index in [2.05, 4.69) is 20.7 Å². The van der Waals surface area contributed by atoms with E-state index < -0.39 is 20.6 Å². The first-order valence-corrected chi connectivity index (χ1v) is 7.62. The number of methoxy groups -OCH3 is 2. The zero-order valence-electron chi connectivity index (χ0n) is 11.1. The molecule has 5 nitrogen and oxygen atoms in total. The molecule has 1 rings (SSSR count). The van der Waals surface area contributed by atoms with E-state index in [0.717, 1.165) is 7.11 Å². The van der Waals surface area contributed by atoms with Crippen LogP contribution in [0.4, 0.5) is 0 Å². The van der Waals surface area contributed by atoms with Crippen molar-refractivity contribution in [2.75, 3.05) is 14.2 Å². The summed E-state index contributed by atoms with van der Waals surface area (Å²) in [7, 11) is -1.43. The Kier molecular flexibility index (Phi) is 4.63. The highest BCUT2D eigenvalue weighted by Crippen LogP contribution is 2.34. The average molecular weight is 351 g/mol. The van der Waals surface area contributed by atoms with Crippen LogP contribution in [0.3, 0.4) is 0 Å². The van der Waals surface area contributed by atoms with Crippen molar-refractivity contribution in [1.29, 1.82) is 0 Å². The van der Waals surface area contributed by atoms with Crippen LogP contribution < -0.4 is 4.74 Å². The second-order valence-electron chi connectivity index (χ2n) is 4.30. The highest BCUT2D eigenvalue weighted by atomic mass is 79.9. The van der Waals surface area contributed by atoms with E-state index in [9.17, 15) is 13.2 Å². The third-order valence-corrected chi connectivity index (χ3v) is 5.67. The van der Waals surface area contributed by atoms with E-state index in [0.29, 0.717) is 4.47 Å². The normalized spacial score (nSPS) is 12.1. The highest BCUT2D eigenvalue weighted by molar-refractivity contribution is 9.10. The third kappa shape index (κ3) is 2.76. The second-order valence-corrected chi connectivity index (χ2v) is 7.68. The lowest BCUT2D eigenvalue weighted by Gasteiger charge is -2.23. The predicted molar refractivity (Wildman–Crippen MR) is 74.0 cm³/mol. The van der Waals surface area contributed by atoms with Crippen molar-refractivity contribution in [2.24, 2.45) is 0 Å². The largest absolute Gasteiger partial charge is 0.495 e. The topological polar surface area (TPSA) is 69.7 Å². The molecule has 19 heavy (non-hydrogen) atoms. The zero-order chi connectivity index (χ0) is 14.8. The molecule has 0 unspecified atom stereocenters. The summed E-state index contributed by atoms with van der Waals surface area (Å²) in [4.78, 5) is 11.6. The van der Waals surface area contributed by atoms with Gasteiger partial charge in [0, 0.05) is 4.47 Å². The fraction of sp³-hybridized carbons (Fsp3) is 0.417. The van der Waals surface area contributed by atoms with Crippen molar-refractivity contribution in [3.8, 4) is 5.75 Å². The van der Waals surface area contributed by atoms with Crippen LogP contribution >= 0.6 is 15.9 Å². The Bertz CT molecular complexity index is 592. The molecular formula is C12H15BrO5S. The number of benzene rings is 1. The molecule has 0 radical (unpaired) electrons. The minimum Gasteiger partial charge on any atom is -0.495 e. The summed E-state index contributed by atoms with van der Waals surface area (Å²) in [5.41, 5.74) is 0. The lowest BCUT2D eigenvalue weighted by atomic mass is 10.2. The molecule has 0 saturated heterocycles. The maximum absolute atomic E-state index is 12.6. The van der Waals surface area contributed by atoms with Gasteiger partial charge in [-0.2, -0.15) is 0 Å². The molecule has 1 aromatic rings. The molecule has 7 heteroatoms. The van der Waals surface area contributed by atoms with Crippen LogP contribution in [0.5, 0.6) is 5.75 Å². The molecule has 0 bridgehead atoms. The molecule has 106 valence electrons. The van der Waals surface area contributed by atoms with Crippen LogP contribution in [0.2, 0.25) is 0 Å². The van der Waals surface area contributed by atoms with Gasteiger partial charge in [-0.05, 0) is 32.0 Å². The molecule has 1 aromatic carbocycles. The lowest BCUT2D eigenvalue weighted by molar-refractivity contribution is -0.142. The van der Waals surface area contributed by atoms with Gasteiger partial charge in [0.1, 0.15) is 10.6 Å². The number of carbonyl (C=O) groups is 1. The number of sulfone groups is 1. The molecule has 0 amide bonds. The zero-order valence-corrected chi connectivity index (χ0v) is 13.5. The Morgan fingerprint density at radius 2 is 1.84 bits per heavy atom. The first kappa shape index (κ1) is 16.0. The number of ether oxygens (including phenoxy) is 2. The maximum Gasteiger partial charge on any atom is 0.327 e. The van der Waals surface area contributed by atoms with E-state index in [4.69, 9.17) is 4.74 Å². The molecule has 0 aliphatic carbocycles. The third-order valence-electron chi connectivity index (χ3n) is 2.76. The summed E-state index contributed by atoms with van der Waals surface area (Å²) in [6, 6.07) is 4.58. The summed E-state index contributed by atoms with van der Waals surface area (Å²) < 4.78 is 33.6. The monoisotopic (exact) mass is 350 g/mol. The summed E-state index contributed by atoms with van der Waals surface area (Å²) >= 11 is 3.20. The van der Waals surface area contributed by atoms with Crippen LogP contribution in [0.1, 0.15) is 13.8 Å². The fourth-order valence-electron chi connectivity index (χ4n) is 1.49. The van der Waals surface area contributed by atoms with Gasteiger partial charge in [-0.1, -0.05) is 15.9 Å². The van der Waals surface area contributed by atoms with Gasteiger partial charge in [0.05, 0.1) is 14.2 Å². The van der Waals surface area contributed by atoms with Crippen molar-refractivity contribution >= 4 is 31.7 Å². The van der Waals surface area contributed by atoms with Crippen LogP contribution in [-0.4, -0.2) is 33.4 Å². The first-order chi connectivity index (χ1) is 8.68. The summed E-state index contributed by atoms with van der Waals surface area (Å²) in [5.74, 6) is -0.644. The number of rotatable bonds is 4. The molecule has 0 spiro atoms. The summed E-state index contributed by atoms with van der Waals surface area (Å²) in [5, 5.41) is 0. The van der Waals surface area contributed by atoms with Crippen LogP contribution in [0.15, 0.2) is 27.6 Å². The van der Waals surface area contributed by atoms with E-state index >= 15 is 0 Å². The molecule has 0 atom stereocenters. The van der Waals surface area contributed by atoms with Crippen LogP contribution in [-0.2, 0) is 19.4 Å². The standard InChI is InChI=1S/C12H15BrO5S/c1-12(2,11(14)18-4)19(15,16)10-7-8(13)5-6-9(10)17-3/h5-7H,1-4H3.